The minimum Gasteiger partial charge on any atom is -0.396 e. The summed E-state index contributed by atoms with van der Waals surface area (Å²) in [5.41, 5.74) is 0. The Morgan fingerprint density at radius 3 is 1.53 bits per heavy atom. The molecule has 1 heteroatoms. The van der Waals surface area contributed by atoms with Gasteiger partial charge in [-0.05, 0) is 42.9 Å². The van der Waals surface area contributed by atoms with Crippen molar-refractivity contribution in [1.29, 1.82) is 0 Å². The average Bonchev–Trinajstić information content (AvgIpc) is 2.16. The molecule has 0 bridgehead atoms. The summed E-state index contributed by atoms with van der Waals surface area (Å²) in [5, 5.41) is 9.00. The molecule has 0 saturated heterocycles. The molecule has 0 unspecified atom stereocenters. The minimum absolute atomic E-state index is 0.337. The summed E-state index contributed by atoms with van der Waals surface area (Å²) >= 11 is 0. The highest BCUT2D eigenvalue weighted by molar-refractivity contribution is 4.65. The van der Waals surface area contributed by atoms with Crippen LogP contribution in [0.15, 0.2) is 0 Å². The molecule has 0 saturated carbocycles. The first-order chi connectivity index (χ1) is 6.99. The van der Waals surface area contributed by atoms with Crippen LogP contribution in [0, 0.1) is 23.7 Å². The highest BCUT2D eigenvalue weighted by Crippen LogP contribution is 2.24. The molecule has 0 heterocycles. The van der Waals surface area contributed by atoms with Crippen molar-refractivity contribution in [3.63, 3.8) is 0 Å². The summed E-state index contributed by atoms with van der Waals surface area (Å²) in [6.07, 6.45) is 5.14. The van der Waals surface area contributed by atoms with Crippen LogP contribution in [0.4, 0.5) is 0 Å². The second-order valence-corrected chi connectivity index (χ2v) is 5.72. The van der Waals surface area contributed by atoms with Crippen molar-refractivity contribution in [2.24, 2.45) is 23.7 Å². The van der Waals surface area contributed by atoms with Gasteiger partial charge in [-0.15, -0.1) is 0 Å². The van der Waals surface area contributed by atoms with Gasteiger partial charge in [0.15, 0.2) is 0 Å². The minimum atomic E-state index is 0.337. The lowest BCUT2D eigenvalue weighted by Crippen LogP contribution is -2.11. The van der Waals surface area contributed by atoms with E-state index >= 15 is 0 Å². The van der Waals surface area contributed by atoms with Crippen LogP contribution in [0.5, 0.6) is 0 Å². The Balaban J connectivity index is 3.70. The van der Waals surface area contributed by atoms with Crippen LogP contribution < -0.4 is 0 Å². The Labute approximate surface area is 96.3 Å². The molecule has 0 aromatic rings. The first-order valence-electron chi connectivity index (χ1n) is 6.60. The van der Waals surface area contributed by atoms with Crippen LogP contribution in [-0.4, -0.2) is 11.7 Å². The third-order valence-electron chi connectivity index (χ3n) is 3.42. The fraction of sp³-hybridized carbons (Fsp3) is 1.00. The Kier molecular flexibility index (Phi) is 8.13. The normalized spacial score (nSPS) is 19.6. The van der Waals surface area contributed by atoms with Gasteiger partial charge in [-0.2, -0.15) is 0 Å². The van der Waals surface area contributed by atoms with Crippen LogP contribution in [-0.2, 0) is 0 Å². The van der Waals surface area contributed by atoms with E-state index in [1.807, 2.05) is 0 Å². The molecule has 92 valence electrons. The summed E-state index contributed by atoms with van der Waals surface area (Å²) in [7, 11) is 0. The molecule has 1 N–H and O–H groups in total. The Morgan fingerprint density at radius 2 is 1.13 bits per heavy atom. The van der Waals surface area contributed by atoms with Crippen LogP contribution in [0.1, 0.15) is 60.3 Å². The number of rotatable bonds is 8. The third-order valence-corrected chi connectivity index (χ3v) is 3.42. The van der Waals surface area contributed by atoms with E-state index in [2.05, 4.69) is 34.6 Å². The zero-order valence-corrected chi connectivity index (χ0v) is 11.3. The molecule has 1 nitrogen and oxygen atoms in total. The summed E-state index contributed by atoms with van der Waals surface area (Å²) in [5.74, 6) is 2.92. The summed E-state index contributed by atoms with van der Waals surface area (Å²) in [6, 6.07) is 0. The molecule has 0 rings (SSSR count). The van der Waals surface area contributed by atoms with Gasteiger partial charge in [-0.3, -0.25) is 0 Å². The summed E-state index contributed by atoms with van der Waals surface area (Å²) in [4.78, 5) is 0. The van der Waals surface area contributed by atoms with E-state index in [4.69, 9.17) is 5.11 Å². The standard InChI is InChI=1S/C14H30O/c1-6-11(2)7-12(3)8-13(4)9-14(5)10-15/h11-15H,6-10H2,1-5H3/t11-,12-,13-,14-/m1/s1. The van der Waals surface area contributed by atoms with Gasteiger partial charge in [0, 0.05) is 6.61 Å². The topological polar surface area (TPSA) is 20.2 Å². The van der Waals surface area contributed by atoms with Gasteiger partial charge < -0.3 is 5.11 Å². The molecular formula is C14H30O. The molecule has 0 radical (unpaired) electrons. The molecule has 0 spiro atoms. The van der Waals surface area contributed by atoms with Crippen molar-refractivity contribution in [2.75, 3.05) is 6.61 Å². The quantitative estimate of drug-likeness (QED) is 0.645. The maximum Gasteiger partial charge on any atom is 0.0456 e. The van der Waals surface area contributed by atoms with E-state index in [9.17, 15) is 0 Å². The monoisotopic (exact) mass is 214 g/mol. The van der Waals surface area contributed by atoms with Crippen molar-refractivity contribution in [2.45, 2.75) is 60.3 Å². The number of aliphatic hydroxyl groups is 1. The lowest BCUT2D eigenvalue weighted by atomic mass is 9.85. The van der Waals surface area contributed by atoms with Crippen molar-refractivity contribution in [3.05, 3.63) is 0 Å². The summed E-state index contributed by atoms with van der Waals surface area (Å²) in [6.45, 7) is 11.8. The lowest BCUT2D eigenvalue weighted by molar-refractivity contribution is 0.205. The van der Waals surface area contributed by atoms with Crippen LogP contribution in [0.25, 0.3) is 0 Å². The van der Waals surface area contributed by atoms with Crippen LogP contribution >= 0.6 is 0 Å². The van der Waals surface area contributed by atoms with Gasteiger partial charge in [0.1, 0.15) is 0 Å². The number of aliphatic hydroxyl groups excluding tert-OH is 1. The number of hydrogen-bond donors (Lipinski definition) is 1. The van der Waals surface area contributed by atoms with Crippen molar-refractivity contribution in [3.8, 4) is 0 Å². The van der Waals surface area contributed by atoms with Crippen molar-refractivity contribution >= 4 is 0 Å². The fourth-order valence-electron chi connectivity index (χ4n) is 2.49. The predicted molar refractivity (Wildman–Crippen MR) is 67.9 cm³/mol. The molecule has 15 heavy (non-hydrogen) atoms. The van der Waals surface area contributed by atoms with E-state index in [0.717, 1.165) is 17.8 Å². The highest BCUT2D eigenvalue weighted by atomic mass is 16.3. The second-order valence-electron chi connectivity index (χ2n) is 5.72. The first kappa shape index (κ1) is 15.0. The Morgan fingerprint density at radius 1 is 0.733 bits per heavy atom. The maximum absolute atomic E-state index is 9.00. The molecule has 0 aliphatic rings. The van der Waals surface area contributed by atoms with Crippen LogP contribution in [0.2, 0.25) is 0 Å². The third kappa shape index (κ3) is 7.84. The largest absolute Gasteiger partial charge is 0.396 e. The van der Waals surface area contributed by atoms with E-state index in [1.54, 1.807) is 0 Å². The van der Waals surface area contributed by atoms with E-state index in [0.29, 0.717) is 12.5 Å². The van der Waals surface area contributed by atoms with Crippen molar-refractivity contribution in [1.82, 2.24) is 0 Å². The van der Waals surface area contributed by atoms with Gasteiger partial charge >= 0.3 is 0 Å². The Hall–Kier alpha value is -0.0400. The van der Waals surface area contributed by atoms with E-state index in [1.165, 1.54) is 25.7 Å². The molecule has 4 atom stereocenters. The van der Waals surface area contributed by atoms with Crippen LogP contribution in [0.3, 0.4) is 0 Å². The molecule has 0 fully saturated rings. The molecule has 0 amide bonds. The summed E-state index contributed by atoms with van der Waals surface area (Å²) < 4.78 is 0. The molecular weight excluding hydrogens is 184 g/mol. The molecule has 0 aliphatic heterocycles. The molecule has 0 aromatic carbocycles. The van der Waals surface area contributed by atoms with Crippen molar-refractivity contribution < 1.29 is 5.11 Å². The van der Waals surface area contributed by atoms with E-state index in [-0.39, 0.29) is 0 Å². The van der Waals surface area contributed by atoms with E-state index < -0.39 is 0 Å². The molecule has 0 aromatic heterocycles. The first-order valence-corrected chi connectivity index (χ1v) is 6.60. The van der Waals surface area contributed by atoms with Gasteiger partial charge in [0.05, 0.1) is 0 Å². The fourth-order valence-corrected chi connectivity index (χ4v) is 2.49. The second kappa shape index (κ2) is 8.15. The number of hydrogen-bond acceptors (Lipinski definition) is 1. The average molecular weight is 214 g/mol. The Bertz CT molecular complexity index is 128. The smallest absolute Gasteiger partial charge is 0.0456 e. The highest BCUT2D eigenvalue weighted by Gasteiger charge is 2.13. The zero-order valence-electron chi connectivity index (χ0n) is 11.3. The molecule has 0 aliphatic carbocycles. The predicted octanol–water partition coefficient (Wildman–Crippen LogP) is 4.10. The lowest BCUT2D eigenvalue weighted by Gasteiger charge is -2.21. The zero-order chi connectivity index (χ0) is 11.8. The van der Waals surface area contributed by atoms with Gasteiger partial charge in [-0.1, -0.05) is 41.0 Å². The van der Waals surface area contributed by atoms with Gasteiger partial charge in [-0.25, -0.2) is 0 Å². The maximum atomic E-state index is 9.00. The van der Waals surface area contributed by atoms with Gasteiger partial charge in [0.25, 0.3) is 0 Å². The SMILES string of the molecule is CC[C@@H](C)C[C@@H](C)C[C@@H](C)C[C@@H](C)CO. The van der Waals surface area contributed by atoms with Gasteiger partial charge in [0.2, 0.25) is 0 Å².